The predicted octanol–water partition coefficient (Wildman–Crippen LogP) is 4.08. The molecule has 0 heterocycles. The molecule has 0 aliphatic rings. The third-order valence-corrected chi connectivity index (χ3v) is 3.60. The summed E-state index contributed by atoms with van der Waals surface area (Å²) in [6, 6.07) is 11.5. The van der Waals surface area contributed by atoms with Crippen LogP contribution in [-0.4, -0.2) is 17.7 Å². The van der Waals surface area contributed by atoms with Crippen molar-refractivity contribution in [1.82, 2.24) is 0 Å². The quantitative estimate of drug-likeness (QED) is 0.874. The molecule has 2 aromatic carbocycles. The second-order valence-corrected chi connectivity index (χ2v) is 5.34. The fourth-order valence-corrected chi connectivity index (χ4v) is 2.37. The number of hydrogen-bond acceptors (Lipinski definition) is 2. The Bertz CT molecular complexity index is 650. The molecule has 0 aromatic heterocycles. The Morgan fingerprint density at radius 1 is 1.18 bits per heavy atom. The molecular formula is C18H19FO3. The second-order valence-electron chi connectivity index (χ2n) is 5.34. The first-order valence-electron chi connectivity index (χ1n) is 7.15. The minimum Gasteiger partial charge on any atom is -0.494 e. The summed E-state index contributed by atoms with van der Waals surface area (Å²) in [6.45, 7) is 4.11. The van der Waals surface area contributed by atoms with E-state index in [0.717, 1.165) is 16.7 Å². The smallest absolute Gasteiger partial charge is 0.311 e. The number of aliphatic carboxylic acids is 1. The first-order chi connectivity index (χ1) is 10.5. The van der Waals surface area contributed by atoms with Crippen molar-refractivity contribution in [2.24, 2.45) is 0 Å². The van der Waals surface area contributed by atoms with Crippen LogP contribution in [0.25, 0.3) is 0 Å². The van der Waals surface area contributed by atoms with E-state index in [1.807, 2.05) is 32.0 Å². The molecule has 0 aliphatic heterocycles. The second kappa shape index (κ2) is 7.07. The van der Waals surface area contributed by atoms with Crippen molar-refractivity contribution in [3.8, 4) is 5.75 Å². The maximum Gasteiger partial charge on any atom is 0.311 e. The summed E-state index contributed by atoms with van der Waals surface area (Å²) >= 11 is 0. The fourth-order valence-electron chi connectivity index (χ4n) is 2.37. The van der Waals surface area contributed by atoms with Crippen LogP contribution >= 0.6 is 0 Å². The van der Waals surface area contributed by atoms with Gasteiger partial charge in [0.15, 0.2) is 0 Å². The molecule has 2 aromatic rings. The van der Waals surface area contributed by atoms with E-state index in [-0.39, 0.29) is 12.4 Å². The van der Waals surface area contributed by atoms with Gasteiger partial charge in [0.1, 0.15) is 11.6 Å². The van der Waals surface area contributed by atoms with Crippen LogP contribution in [0, 0.1) is 19.7 Å². The third kappa shape index (κ3) is 4.07. The lowest BCUT2D eigenvalue weighted by atomic mass is 9.91. The highest BCUT2D eigenvalue weighted by molar-refractivity contribution is 5.76. The van der Waals surface area contributed by atoms with Gasteiger partial charge in [-0.05, 0) is 55.7 Å². The maximum atomic E-state index is 12.8. The van der Waals surface area contributed by atoms with Gasteiger partial charge in [-0.15, -0.1) is 0 Å². The average Bonchev–Trinajstić information content (AvgIpc) is 2.48. The number of hydrogen-bond donors (Lipinski definition) is 1. The number of carboxylic acid groups (broad SMARTS) is 1. The van der Waals surface area contributed by atoms with E-state index >= 15 is 0 Å². The van der Waals surface area contributed by atoms with Gasteiger partial charge in [0.05, 0.1) is 12.5 Å². The minimum atomic E-state index is -0.864. The van der Waals surface area contributed by atoms with Gasteiger partial charge in [0.2, 0.25) is 0 Å². The number of benzene rings is 2. The SMILES string of the molecule is Cc1ccc(C)c(C(CCOc2ccc(F)cc2)C(=O)O)c1. The Hall–Kier alpha value is -2.36. The summed E-state index contributed by atoms with van der Waals surface area (Å²) in [4.78, 5) is 11.5. The molecular weight excluding hydrogens is 283 g/mol. The lowest BCUT2D eigenvalue weighted by Gasteiger charge is -2.16. The highest BCUT2D eigenvalue weighted by atomic mass is 19.1. The van der Waals surface area contributed by atoms with Crippen molar-refractivity contribution in [1.29, 1.82) is 0 Å². The van der Waals surface area contributed by atoms with E-state index in [1.54, 1.807) is 0 Å². The van der Waals surface area contributed by atoms with Crippen LogP contribution in [-0.2, 0) is 4.79 Å². The zero-order valence-corrected chi connectivity index (χ0v) is 12.7. The summed E-state index contributed by atoms with van der Waals surface area (Å²) in [5.41, 5.74) is 2.81. The van der Waals surface area contributed by atoms with Gasteiger partial charge < -0.3 is 9.84 Å². The largest absolute Gasteiger partial charge is 0.494 e. The fraction of sp³-hybridized carbons (Fsp3) is 0.278. The molecule has 0 aliphatic carbocycles. The van der Waals surface area contributed by atoms with Gasteiger partial charge in [0, 0.05) is 0 Å². The van der Waals surface area contributed by atoms with Crippen molar-refractivity contribution in [2.75, 3.05) is 6.61 Å². The predicted molar refractivity (Wildman–Crippen MR) is 82.8 cm³/mol. The Morgan fingerprint density at radius 3 is 2.50 bits per heavy atom. The molecule has 0 radical (unpaired) electrons. The van der Waals surface area contributed by atoms with Crippen molar-refractivity contribution in [2.45, 2.75) is 26.2 Å². The number of carbonyl (C=O) groups is 1. The van der Waals surface area contributed by atoms with Crippen LogP contribution in [0.5, 0.6) is 5.75 Å². The molecule has 4 heteroatoms. The number of rotatable bonds is 6. The van der Waals surface area contributed by atoms with Crippen molar-refractivity contribution in [3.63, 3.8) is 0 Å². The molecule has 1 N–H and O–H groups in total. The van der Waals surface area contributed by atoms with E-state index in [4.69, 9.17) is 4.74 Å². The zero-order chi connectivity index (χ0) is 16.1. The van der Waals surface area contributed by atoms with E-state index < -0.39 is 11.9 Å². The van der Waals surface area contributed by atoms with Gasteiger partial charge in [-0.3, -0.25) is 4.79 Å². The molecule has 116 valence electrons. The summed E-state index contributed by atoms with van der Waals surface area (Å²) in [5.74, 6) is -1.27. The van der Waals surface area contributed by atoms with Crippen LogP contribution in [0.1, 0.15) is 29.0 Å². The van der Waals surface area contributed by atoms with E-state index in [1.165, 1.54) is 24.3 Å². The van der Waals surface area contributed by atoms with Crippen LogP contribution in [0.2, 0.25) is 0 Å². The Morgan fingerprint density at radius 2 is 1.86 bits per heavy atom. The van der Waals surface area contributed by atoms with Crippen LogP contribution < -0.4 is 4.74 Å². The van der Waals surface area contributed by atoms with Crippen LogP contribution in [0.4, 0.5) is 4.39 Å². The normalized spacial score (nSPS) is 12.0. The lowest BCUT2D eigenvalue weighted by Crippen LogP contribution is -2.16. The highest BCUT2D eigenvalue weighted by Gasteiger charge is 2.21. The van der Waals surface area contributed by atoms with Crippen molar-refractivity contribution in [3.05, 3.63) is 65.0 Å². The Labute approximate surface area is 129 Å². The van der Waals surface area contributed by atoms with Gasteiger partial charge in [-0.2, -0.15) is 0 Å². The topological polar surface area (TPSA) is 46.5 Å². The number of aryl methyl sites for hydroxylation is 2. The first kappa shape index (κ1) is 16.0. The Balaban J connectivity index is 2.05. The van der Waals surface area contributed by atoms with Crippen molar-refractivity contribution < 1.29 is 19.0 Å². The van der Waals surface area contributed by atoms with Crippen molar-refractivity contribution >= 4 is 5.97 Å². The maximum absolute atomic E-state index is 12.8. The van der Waals surface area contributed by atoms with E-state index in [2.05, 4.69) is 0 Å². The molecule has 1 atom stereocenters. The van der Waals surface area contributed by atoms with E-state index in [0.29, 0.717) is 12.2 Å². The van der Waals surface area contributed by atoms with Crippen LogP contribution in [0.3, 0.4) is 0 Å². The lowest BCUT2D eigenvalue weighted by molar-refractivity contribution is -0.139. The molecule has 0 bridgehead atoms. The standard InChI is InChI=1S/C18H19FO3/c1-12-3-4-13(2)17(11-12)16(18(20)21)9-10-22-15-7-5-14(19)6-8-15/h3-8,11,16H,9-10H2,1-2H3,(H,20,21). The first-order valence-corrected chi connectivity index (χ1v) is 7.15. The number of carboxylic acids is 1. The molecule has 0 fully saturated rings. The number of ether oxygens (including phenoxy) is 1. The average molecular weight is 302 g/mol. The van der Waals surface area contributed by atoms with Crippen LogP contribution in [0.15, 0.2) is 42.5 Å². The van der Waals surface area contributed by atoms with Gasteiger partial charge in [-0.25, -0.2) is 4.39 Å². The highest BCUT2D eigenvalue weighted by Crippen LogP contribution is 2.25. The monoisotopic (exact) mass is 302 g/mol. The summed E-state index contributed by atoms with van der Waals surface area (Å²) < 4.78 is 18.3. The summed E-state index contributed by atoms with van der Waals surface area (Å²) in [5, 5.41) is 9.47. The summed E-state index contributed by atoms with van der Waals surface area (Å²) in [6.07, 6.45) is 0.358. The van der Waals surface area contributed by atoms with E-state index in [9.17, 15) is 14.3 Å². The molecule has 2 rings (SSSR count). The molecule has 1 unspecified atom stereocenters. The van der Waals surface area contributed by atoms with Gasteiger partial charge in [0.25, 0.3) is 0 Å². The molecule has 0 saturated heterocycles. The molecule has 0 amide bonds. The Kier molecular flexibility index (Phi) is 5.15. The molecule has 0 saturated carbocycles. The molecule has 0 spiro atoms. The summed E-state index contributed by atoms with van der Waals surface area (Å²) in [7, 11) is 0. The van der Waals surface area contributed by atoms with Gasteiger partial charge >= 0.3 is 5.97 Å². The zero-order valence-electron chi connectivity index (χ0n) is 12.7. The molecule has 3 nitrogen and oxygen atoms in total. The van der Waals surface area contributed by atoms with Gasteiger partial charge in [-0.1, -0.05) is 23.8 Å². The minimum absolute atomic E-state index is 0.260. The molecule has 22 heavy (non-hydrogen) atoms. The third-order valence-electron chi connectivity index (χ3n) is 3.60. The number of halogens is 1.